The number of aromatic nitrogens is 1. The maximum Gasteiger partial charge on any atom is 0.295 e. The predicted octanol–water partition coefficient (Wildman–Crippen LogP) is 3.63. The van der Waals surface area contributed by atoms with Crippen molar-refractivity contribution in [2.45, 2.75) is 12.5 Å². The summed E-state index contributed by atoms with van der Waals surface area (Å²) in [7, 11) is 3.15. The molecular weight excluding hydrogens is 396 g/mol. The second-order valence-electron chi connectivity index (χ2n) is 7.36. The number of nitrogens with zero attached hydrogens (tertiary/aromatic N) is 1. The number of H-pyrrole nitrogens is 1. The molecule has 2 aromatic carbocycles. The number of nitrogens with one attached hydrogen (secondary N) is 1. The van der Waals surface area contributed by atoms with E-state index in [0.717, 1.165) is 16.5 Å². The molecule has 1 unspecified atom stereocenters. The second-order valence-corrected chi connectivity index (χ2v) is 7.36. The summed E-state index contributed by atoms with van der Waals surface area (Å²) in [6.45, 7) is 0.796. The van der Waals surface area contributed by atoms with Gasteiger partial charge in [-0.1, -0.05) is 18.2 Å². The molecule has 31 heavy (non-hydrogen) atoms. The number of ketones is 1. The number of benzene rings is 2. The minimum absolute atomic E-state index is 0.0809. The van der Waals surface area contributed by atoms with E-state index in [1.165, 1.54) is 4.90 Å². The standard InChI is InChI=1S/C24H24N2O5/c1-30-13-5-12-26-21(18-14-25-19-7-4-3-6-17(18)19)20(23(28)24(26)29)22(27)15-8-10-16(31-2)11-9-15/h3-4,6-11,14,21,25,27H,5,12-13H2,1-2H3/b22-20+. The van der Waals surface area contributed by atoms with Gasteiger partial charge >= 0.3 is 0 Å². The number of fused-ring (bicyclic) bond motifs is 1. The van der Waals surface area contributed by atoms with Crippen LogP contribution in [0.1, 0.15) is 23.6 Å². The number of amides is 1. The largest absolute Gasteiger partial charge is 0.507 e. The Labute approximate surface area is 179 Å². The van der Waals surface area contributed by atoms with E-state index in [1.807, 2.05) is 24.3 Å². The van der Waals surface area contributed by atoms with E-state index in [1.54, 1.807) is 44.7 Å². The molecule has 0 bridgehead atoms. The normalized spacial score (nSPS) is 18.1. The van der Waals surface area contributed by atoms with Crippen LogP contribution in [0, 0.1) is 0 Å². The molecule has 7 heteroatoms. The number of aliphatic hydroxyl groups excluding tert-OH is 1. The molecule has 2 N–H and O–H groups in total. The highest BCUT2D eigenvalue weighted by Crippen LogP contribution is 2.42. The summed E-state index contributed by atoms with van der Waals surface area (Å²) in [6.07, 6.45) is 2.37. The lowest BCUT2D eigenvalue weighted by atomic mass is 9.95. The lowest BCUT2D eigenvalue weighted by Gasteiger charge is -2.24. The zero-order valence-electron chi connectivity index (χ0n) is 17.4. The molecule has 1 aliphatic heterocycles. The van der Waals surface area contributed by atoms with Crippen LogP contribution in [-0.2, 0) is 14.3 Å². The number of hydrogen-bond acceptors (Lipinski definition) is 5. The average Bonchev–Trinajstić information content (AvgIpc) is 3.33. The first-order chi connectivity index (χ1) is 15.1. The number of aliphatic hydroxyl groups is 1. The van der Waals surface area contributed by atoms with Crippen molar-refractivity contribution in [1.29, 1.82) is 0 Å². The zero-order valence-corrected chi connectivity index (χ0v) is 17.4. The van der Waals surface area contributed by atoms with Crippen LogP contribution in [0.5, 0.6) is 5.75 Å². The predicted molar refractivity (Wildman–Crippen MR) is 117 cm³/mol. The molecule has 1 fully saturated rings. The van der Waals surface area contributed by atoms with Crippen LogP contribution in [-0.4, -0.2) is 54.1 Å². The number of Topliss-reactive ketones (excluding diaryl/α,β-unsaturated/α-hetero) is 1. The Bertz CT molecular complexity index is 1150. The highest BCUT2D eigenvalue weighted by Gasteiger charge is 2.46. The van der Waals surface area contributed by atoms with Gasteiger partial charge in [-0.25, -0.2) is 0 Å². The van der Waals surface area contributed by atoms with Crippen molar-refractivity contribution in [2.75, 3.05) is 27.4 Å². The first kappa shape index (κ1) is 20.7. The van der Waals surface area contributed by atoms with E-state index in [9.17, 15) is 14.7 Å². The molecule has 2 heterocycles. The summed E-state index contributed by atoms with van der Waals surface area (Å²) in [5.74, 6) is -0.891. The minimum Gasteiger partial charge on any atom is -0.507 e. The maximum atomic E-state index is 13.1. The number of carbonyl (C=O) groups excluding carboxylic acids is 2. The molecule has 7 nitrogen and oxygen atoms in total. The molecular formula is C24H24N2O5. The highest BCUT2D eigenvalue weighted by atomic mass is 16.5. The fourth-order valence-corrected chi connectivity index (χ4v) is 4.04. The summed E-state index contributed by atoms with van der Waals surface area (Å²) in [5.41, 5.74) is 2.18. The van der Waals surface area contributed by atoms with Gasteiger partial charge in [0.05, 0.1) is 18.7 Å². The SMILES string of the molecule is COCCCN1C(=O)C(=O)/C(=C(/O)c2ccc(OC)cc2)C1c1c[nH]c2ccccc12. The Balaban J connectivity index is 1.86. The van der Waals surface area contributed by atoms with E-state index in [2.05, 4.69) is 4.98 Å². The Morgan fingerprint density at radius 3 is 2.55 bits per heavy atom. The molecule has 0 radical (unpaired) electrons. The molecule has 1 atom stereocenters. The molecule has 0 aliphatic carbocycles. The van der Waals surface area contributed by atoms with Gasteiger partial charge in [0, 0.05) is 48.5 Å². The molecule has 4 rings (SSSR count). The number of carbonyl (C=O) groups is 2. The van der Waals surface area contributed by atoms with Gasteiger partial charge in [0.1, 0.15) is 11.5 Å². The number of para-hydroxylation sites is 1. The van der Waals surface area contributed by atoms with Crippen molar-refractivity contribution in [3.05, 3.63) is 71.4 Å². The van der Waals surface area contributed by atoms with E-state index in [-0.39, 0.29) is 11.3 Å². The van der Waals surface area contributed by atoms with Crippen LogP contribution in [0.2, 0.25) is 0 Å². The molecule has 0 spiro atoms. The third-order valence-corrected chi connectivity index (χ3v) is 5.57. The van der Waals surface area contributed by atoms with Crippen LogP contribution in [0.25, 0.3) is 16.7 Å². The molecule has 1 aliphatic rings. The summed E-state index contributed by atoms with van der Waals surface area (Å²) in [4.78, 5) is 30.7. The van der Waals surface area contributed by atoms with Crippen LogP contribution in [0.3, 0.4) is 0 Å². The molecule has 0 saturated carbocycles. The summed E-state index contributed by atoms with van der Waals surface area (Å²) < 4.78 is 10.3. The third kappa shape index (κ3) is 3.68. The number of hydrogen-bond donors (Lipinski definition) is 2. The fraction of sp³-hybridized carbons (Fsp3) is 0.250. The fourth-order valence-electron chi connectivity index (χ4n) is 4.04. The van der Waals surface area contributed by atoms with Crippen LogP contribution < -0.4 is 4.74 Å². The smallest absolute Gasteiger partial charge is 0.295 e. The Morgan fingerprint density at radius 2 is 1.84 bits per heavy atom. The number of rotatable bonds is 7. The lowest BCUT2D eigenvalue weighted by molar-refractivity contribution is -0.140. The van der Waals surface area contributed by atoms with Gasteiger partial charge in [-0.3, -0.25) is 9.59 Å². The highest BCUT2D eigenvalue weighted by molar-refractivity contribution is 6.46. The van der Waals surface area contributed by atoms with Gasteiger partial charge in [-0.05, 0) is 36.8 Å². The Kier molecular flexibility index (Phi) is 5.77. The first-order valence-corrected chi connectivity index (χ1v) is 10.0. The maximum absolute atomic E-state index is 13.1. The second kappa shape index (κ2) is 8.65. The van der Waals surface area contributed by atoms with Crippen LogP contribution >= 0.6 is 0 Å². The van der Waals surface area contributed by atoms with Gasteiger partial charge < -0.3 is 24.5 Å². The summed E-state index contributed by atoms with van der Waals surface area (Å²) in [6, 6.07) is 13.7. The number of likely N-dealkylation sites (tertiary alicyclic amines) is 1. The quantitative estimate of drug-likeness (QED) is 0.264. The average molecular weight is 420 g/mol. The monoisotopic (exact) mass is 420 g/mol. The number of ether oxygens (including phenoxy) is 2. The molecule has 1 amide bonds. The molecule has 1 aromatic heterocycles. The Hall–Kier alpha value is -3.58. The van der Waals surface area contributed by atoms with Crippen LogP contribution in [0.4, 0.5) is 0 Å². The zero-order chi connectivity index (χ0) is 22.0. The number of methoxy groups -OCH3 is 2. The van der Waals surface area contributed by atoms with Crippen molar-refractivity contribution >= 4 is 28.4 Å². The van der Waals surface area contributed by atoms with E-state index < -0.39 is 17.7 Å². The van der Waals surface area contributed by atoms with Gasteiger partial charge in [0.2, 0.25) is 0 Å². The Morgan fingerprint density at radius 1 is 1.10 bits per heavy atom. The van der Waals surface area contributed by atoms with E-state index >= 15 is 0 Å². The molecule has 1 saturated heterocycles. The molecule has 160 valence electrons. The minimum atomic E-state index is -0.699. The number of aromatic amines is 1. The molecule has 3 aromatic rings. The van der Waals surface area contributed by atoms with Crippen molar-refractivity contribution in [3.8, 4) is 5.75 Å². The third-order valence-electron chi connectivity index (χ3n) is 5.57. The van der Waals surface area contributed by atoms with Gasteiger partial charge in [0.15, 0.2) is 0 Å². The van der Waals surface area contributed by atoms with Gasteiger partial charge in [0.25, 0.3) is 11.7 Å². The van der Waals surface area contributed by atoms with Crippen molar-refractivity contribution in [2.24, 2.45) is 0 Å². The summed E-state index contributed by atoms with van der Waals surface area (Å²) >= 11 is 0. The van der Waals surface area contributed by atoms with Gasteiger partial charge in [-0.2, -0.15) is 0 Å². The van der Waals surface area contributed by atoms with Crippen molar-refractivity contribution in [3.63, 3.8) is 0 Å². The van der Waals surface area contributed by atoms with E-state index in [0.29, 0.717) is 30.9 Å². The van der Waals surface area contributed by atoms with Crippen molar-refractivity contribution in [1.82, 2.24) is 9.88 Å². The van der Waals surface area contributed by atoms with Crippen molar-refractivity contribution < 1.29 is 24.2 Å². The summed E-state index contributed by atoms with van der Waals surface area (Å²) in [5, 5.41) is 12.0. The van der Waals surface area contributed by atoms with Gasteiger partial charge in [-0.15, -0.1) is 0 Å². The topological polar surface area (TPSA) is 91.9 Å². The first-order valence-electron chi connectivity index (χ1n) is 10.0. The van der Waals surface area contributed by atoms with E-state index in [4.69, 9.17) is 9.47 Å². The van der Waals surface area contributed by atoms with Crippen LogP contribution in [0.15, 0.2) is 60.3 Å². The lowest BCUT2D eigenvalue weighted by Crippen LogP contribution is -2.31.